The van der Waals surface area contributed by atoms with Gasteiger partial charge in [-0.05, 0) is 30.2 Å². The lowest BCUT2D eigenvalue weighted by Crippen LogP contribution is -2.52. The Morgan fingerprint density at radius 1 is 0.806 bits per heavy atom. The lowest BCUT2D eigenvalue weighted by molar-refractivity contribution is -0.130. The third-order valence-corrected chi connectivity index (χ3v) is 7.15. The van der Waals surface area contributed by atoms with E-state index in [0.717, 1.165) is 18.4 Å². The predicted molar refractivity (Wildman–Crippen MR) is 129 cm³/mol. The van der Waals surface area contributed by atoms with Crippen LogP contribution < -0.4 is 0 Å². The van der Waals surface area contributed by atoms with E-state index < -0.39 is 5.60 Å². The van der Waals surface area contributed by atoms with Crippen molar-refractivity contribution in [2.45, 2.75) is 56.7 Å². The Kier molecular flexibility index (Phi) is 6.89. The monoisotopic (exact) mass is 413 g/mol. The molecule has 0 spiro atoms. The summed E-state index contributed by atoms with van der Waals surface area (Å²) in [5.41, 5.74) is 2.74. The molecule has 1 aliphatic rings. The third kappa shape index (κ3) is 4.46. The van der Waals surface area contributed by atoms with Gasteiger partial charge in [-0.15, -0.1) is 0 Å². The van der Waals surface area contributed by atoms with E-state index in [9.17, 15) is 5.11 Å². The summed E-state index contributed by atoms with van der Waals surface area (Å²) in [6.45, 7) is 2.25. The van der Waals surface area contributed by atoms with Crippen molar-refractivity contribution in [3.8, 4) is 0 Å². The maximum absolute atomic E-state index is 12.5. The summed E-state index contributed by atoms with van der Waals surface area (Å²) < 4.78 is 0. The van der Waals surface area contributed by atoms with Crippen molar-refractivity contribution >= 4 is 0 Å². The number of benzene rings is 3. The van der Waals surface area contributed by atoms with Crippen molar-refractivity contribution in [3.63, 3.8) is 0 Å². The first kappa shape index (κ1) is 21.8. The zero-order valence-electron chi connectivity index (χ0n) is 18.8. The van der Waals surface area contributed by atoms with Crippen LogP contribution in [0.2, 0.25) is 0 Å². The largest absolute Gasteiger partial charge is 0.385 e. The first-order valence-electron chi connectivity index (χ1n) is 11.7. The van der Waals surface area contributed by atoms with Gasteiger partial charge in [-0.3, -0.25) is 4.90 Å². The van der Waals surface area contributed by atoms with Gasteiger partial charge in [-0.1, -0.05) is 117 Å². The number of likely N-dealkylation sites (tertiary alicyclic amines) is 1. The molecule has 0 saturated carbocycles. The average Bonchev–Trinajstić information content (AvgIpc) is 2.83. The molecule has 3 aromatic rings. The van der Waals surface area contributed by atoms with E-state index in [1.54, 1.807) is 0 Å². The summed E-state index contributed by atoms with van der Waals surface area (Å²) in [7, 11) is 2.24. The molecule has 1 aliphatic heterocycles. The van der Waals surface area contributed by atoms with Crippen LogP contribution in [-0.4, -0.2) is 17.1 Å². The quantitative estimate of drug-likeness (QED) is 0.426. The summed E-state index contributed by atoms with van der Waals surface area (Å²) in [6.07, 6.45) is 5.26. The number of hydrogen-bond donors (Lipinski definition) is 1. The molecule has 0 radical (unpaired) electrons. The summed E-state index contributed by atoms with van der Waals surface area (Å²) in [4.78, 5) is 2.51. The maximum atomic E-state index is 12.5. The molecule has 3 aromatic carbocycles. The summed E-state index contributed by atoms with van der Waals surface area (Å²) >= 11 is 0. The Bertz CT molecular complexity index is 927. The van der Waals surface area contributed by atoms with E-state index in [2.05, 4.69) is 104 Å². The molecule has 2 heteroatoms. The van der Waals surface area contributed by atoms with E-state index in [4.69, 9.17) is 0 Å². The van der Waals surface area contributed by atoms with Crippen LogP contribution in [0.5, 0.6) is 0 Å². The minimum absolute atomic E-state index is 0.133. The van der Waals surface area contributed by atoms with Crippen molar-refractivity contribution in [1.29, 1.82) is 0 Å². The molecule has 1 saturated heterocycles. The van der Waals surface area contributed by atoms with Crippen LogP contribution in [0.3, 0.4) is 0 Å². The molecule has 4 atom stereocenters. The van der Waals surface area contributed by atoms with E-state index >= 15 is 0 Å². The number of nitrogens with zero attached hydrogens (tertiary/aromatic N) is 1. The van der Waals surface area contributed by atoms with Crippen LogP contribution in [0.25, 0.3) is 0 Å². The first-order chi connectivity index (χ1) is 15.1. The predicted octanol–water partition coefficient (Wildman–Crippen LogP) is 6.89. The van der Waals surface area contributed by atoms with Crippen LogP contribution in [0, 0.1) is 5.92 Å². The second-order valence-electron chi connectivity index (χ2n) is 9.04. The van der Waals surface area contributed by atoms with E-state index in [1.165, 1.54) is 24.0 Å². The Morgan fingerprint density at radius 3 is 1.94 bits per heavy atom. The fraction of sp³-hybridized carbons (Fsp3) is 0.379. The van der Waals surface area contributed by atoms with Crippen molar-refractivity contribution in [3.05, 3.63) is 108 Å². The van der Waals surface area contributed by atoms with Gasteiger partial charge in [0, 0.05) is 24.4 Å². The Labute approximate surface area is 187 Å². The second kappa shape index (κ2) is 9.80. The molecule has 1 fully saturated rings. The van der Waals surface area contributed by atoms with E-state index in [1.807, 2.05) is 6.07 Å². The average molecular weight is 414 g/mol. The van der Waals surface area contributed by atoms with Gasteiger partial charge >= 0.3 is 0 Å². The molecular formula is C29H35NO. The summed E-state index contributed by atoms with van der Waals surface area (Å²) in [5.74, 6) is 0.133. The number of unbranched alkanes of at least 4 members (excludes halogenated alkanes) is 2. The Morgan fingerprint density at radius 2 is 1.35 bits per heavy atom. The maximum Gasteiger partial charge on any atom is 0.0961 e. The molecule has 0 amide bonds. The molecule has 4 unspecified atom stereocenters. The SMILES string of the molecule is CCCCCC1C(c2ccccc2)N(C)C(c2ccccc2)CC1(O)c1ccccc1. The minimum atomic E-state index is -0.872. The lowest BCUT2D eigenvalue weighted by atomic mass is 9.65. The summed E-state index contributed by atoms with van der Waals surface area (Å²) in [5, 5.41) is 12.5. The number of hydrogen-bond acceptors (Lipinski definition) is 2. The number of rotatable bonds is 7. The Balaban J connectivity index is 1.84. The molecule has 0 aliphatic carbocycles. The standard InChI is InChI=1S/C29H35NO/c1-3-4-8-21-26-28(24-17-11-6-12-18-24)30(2)27(23-15-9-5-10-16-23)22-29(26,31)25-19-13-7-14-20-25/h5-7,9-20,26-28,31H,3-4,8,21-22H2,1-2H3. The Hall–Kier alpha value is -2.42. The van der Waals surface area contributed by atoms with Gasteiger partial charge < -0.3 is 5.11 Å². The highest BCUT2D eigenvalue weighted by molar-refractivity contribution is 5.32. The van der Waals surface area contributed by atoms with Crippen LogP contribution in [-0.2, 0) is 5.60 Å². The lowest BCUT2D eigenvalue weighted by Gasteiger charge is -2.54. The second-order valence-corrected chi connectivity index (χ2v) is 9.04. The normalized spacial score (nSPS) is 26.6. The van der Waals surface area contributed by atoms with Crippen LogP contribution in [0.4, 0.5) is 0 Å². The van der Waals surface area contributed by atoms with Gasteiger partial charge in [0.1, 0.15) is 0 Å². The molecule has 162 valence electrons. The fourth-order valence-electron chi connectivity index (χ4n) is 5.54. The highest BCUT2D eigenvalue weighted by Gasteiger charge is 2.51. The highest BCUT2D eigenvalue weighted by Crippen LogP contribution is 2.54. The number of piperidine rings is 1. The topological polar surface area (TPSA) is 23.5 Å². The zero-order valence-corrected chi connectivity index (χ0v) is 18.8. The van der Waals surface area contributed by atoms with Gasteiger partial charge in [-0.2, -0.15) is 0 Å². The summed E-state index contributed by atoms with van der Waals surface area (Å²) in [6, 6.07) is 32.2. The van der Waals surface area contributed by atoms with E-state index in [-0.39, 0.29) is 18.0 Å². The fourth-order valence-corrected chi connectivity index (χ4v) is 5.54. The molecule has 1 heterocycles. The van der Waals surface area contributed by atoms with Crippen molar-refractivity contribution < 1.29 is 5.11 Å². The van der Waals surface area contributed by atoms with Crippen LogP contribution >= 0.6 is 0 Å². The van der Waals surface area contributed by atoms with E-state index in [0.29, 0.717) is 6.42 Å². The van der Waals surface area contributed by atoms with Gasteiger partial charge in [0.05, 0.1) is 5.60 Å². The van der Waals surface area contributed by atoms with Crippen LogP contribution in [0.1, 0.15) is 67.8 Å². The van der Waals surface area contributed by atoms with Crippen molar-refractivity contribution in [2.75, 3.05) is 7.05 Å². The molecule has 1 N–H and O–H groups in total. The van der Waals surface area contributed by atoms with Gasteiger partial charge in [-0.25, -0.2) is 0 Å². The molecule has 4 rings (SSSR count). The minimum Gasteiger partial charge on any atom is -0.385 e. The highest BCUT2D eigenvalue weighted by atomic mass is 16.3. The van der Waals surface area contributed by atoms with Gasteiger partial charge in [0.25, 0.3) is 0 Å². The van der Waals surface area contributed by atoms with Crippen molar-refractivity contribution in [2.24, 2.45) is 5.92 Å². The van der Waals surface area contributed by atoms with Gasteiger partial charge in [0.2, 0.25) is 0 Å². The molecule has 31 heavy (non-hydrogen) atoms. The van der Waals surface area contributed by atoms with Gasteiger partial charge in [0.15, 0.2) is 0 Å². The molecule has 2 nitrogen and oxygen atoms in total. The molecular weight excluding hydrogens is 378 g/mol. The molecule has 0 aromatic heterocycles. The molecule has 0 bridgehead atoms. The zero-order chi connectivity index (χ0) is 21.7. The third-order valence-electron chi connectivity index (χ3n) is 7.15. The number of aliphatic hydroxyl groups is 1. The first-order valence-corrected chi connectivity index (χ1v) is 11.7. The van der Waals surface area contributed by atoms with Crippen LogP contribution in [0.15, 0.2) is 91.0 Å². The van der Waals surface area contributed by atoms with Crippen molar-refractivity contribution in [1.82, 2.24) is 4.90 Å². The smallest absolute Gasteiger partial charge is 0.0961 e.